The molecule has 35 heavy (non-hydrogen) atoms. The normalized spacial score (nSPS) is 23.9. The topological polar surface area (TPSA) is 171 Å². The summed E-state index contributed by atoms with van der Waals surface area (Å²) in [5, 5.41) is 17.0. The van der Waals surface area contributed by atoms with Crippen molar-refractivity contribution in [3.05, 3.63) is 35.9 Å². The van der Waals surface area contributed by atoms with Crippen LogP contribution in [-0.2, 0) is 24.0 Å². The summed E-state index contributed by atoms with van der Waals surface area (Å²) in [5.74, 6) is -3.27. The molecule has 2 saturated heterocycles. The van der Waals surface area contributed by atoms with Gasteiger partial charge in [-0.2, -0.15) is 0 Å². The first-order valence-corrected chi connectivity index (χ1v) is 12.3. The van der Waals surface area contributed by atoms with E-state index in [1.165, 1.54) is 16.7 Å². The molecule has 0 spiro atoms. The predicted octanol–water partition coefficient (Wildman–Crippen LogP) is -0.281. The van der Waals surface area contributed by atoms with Crippen molar-refractivity contribution in [3.63, 3.8) is 0 Å². The summed E-state index contributed by atoms with van der Waals surface area (Å²) in [7, 11) is 0. The number of aliphatic carboxylic acids is 1. The Morgan fingerprint density at radius 2 is 1.83 bits per heavy atom. The Labute approximate surface area is 207 Å². The van der Waals surface area contributed by atoms with E-state index >= 15 is 0 Å². The maximum absolute atomic E-state index is 13.2. The molecule has 190 valence electrons. The largest absolute Gasteiger partial charge is 0.480 e. The molecular formula is C23H31N5O6S. The minimum absolute atomic E-state index is 0.324. The van der Waals surface area contributed by atoms with Gasteiger partial charge in [0.05, 0.1) is 12.5 Å². The molecule has 0 radical (unpaired) electrons. The Bertz CT molecular complexity index is 1000. The van der Waals surface area contributed by atoms with Gasteiger partial charge in [-0.3, -0.25) is 19.2 Å². The molecule has 2 heterocycles. The minimum atomic E-state index is -1.13. The minimum Gasteiger partial charge on any atom is -0.480 e. The highest BCUT2D eigenvalue weighted by Crippen LogP contribution is 2.50. The van der Waals surface area contributed by atoms with Crippen LogP contribution in [0.3, 0.4) is 0 Å². The smallest absolute Gasteiger partial charge is 0.327 e. The Kier molecular flexibility index (Phi) is 8.06. The summed E-state index contributed by atoms with van der Waals surface area (Å²) in [6.45, 7) is 5.82. The number of hydrogen-bond acceptors (Lipinski definition) is 7. The van der Waals surface area contributed by atoms with Crippen LogP contribution in [-0.4, -0.2) is 74.4 Å². The van der Waals surface area contributed by atoms with Crippen LogP contribution in [0.15, 0.2) is 30.3 Å². The van der Waals surface area contributed by atoms with Crippen LogP contribution in [0.25, 0.3) is 0 Å². The maximum Gasteiger partial charge on any atom is 0.327 e. The maximum atomic E-state index is 13.2. The lowest BCUT2D eigenvalue weighted by Crippen LogP contribution is -2.71. The quantitative estimate of drug-likeness (QED) is 0.270. The summed E-state index contributed by atoms with van der Waals surface area (Å²) < 4.78 is -0.729. The average molecular weight is 506 g/mol. The molecule has 1 aromatic rings. The van der Waals surface area contributed by atoms with Crippen molar-refractivity contribution in [2.75, 3.05) is 6.54 Å². The van der Waals surface area contributed by atoms with Crippen LogP contribution < -0.4 is 21.7 Å². The van der Waals surface area contributed by atoms with E-state index < -0.39 is 63.9 Å². The van der Waals surface area contributed by atoms with E-state index in [0.29, 0.717) is 12.1 Å². The molecule has 2 aliphatic rings. The number of amides is 4. The van der Waals surface area contributed by atoms with E-state index in [0.717, 1.165) is 6.42 Å². The van der Waals surface area contributed by atoms with E-state index in [4.69, 9.17) is 5.73 Å². The summed E-state index contributed by atoms with van der Waals surface area (Å²) in [6.07, 6.45) is 0.400. The van der Waals surface area contributed by atoms with Gasteiger partial charge < -0.3 is 31.7 Å². The lowest BCUT2D eigenvalue weighted by atomic mass is 9.95. The number of rotatable bonds is 10. The standard InChI is InChI=1S/C23H31N5O6S/c1-4-10-25-18(30)13(24)11-14(29)26-15(12-8-6-5-7-9-12)19(31)27-16-20(32)28-17(22(33)34)23(2,3)35-21(16)28/h5-9,13,15-17,21H,4,10-11,24H2,1-3H3,(H,25,30)(H,26,29)(H,27,31)(H,33,34)/t13?,15?,16-,17+,21-/m1/s1. The molecule has 6 N–H and O–H groups in total. The predicted molar refractivity (Wildman–Crippen MR) is 129 cm³/mol. The zero-order valence-corrected chi connectivity index (χ0v) is 20.6. The molecule has 0 bridgehead atoms. The lowest BCUT2D eigenvalue weighted by molar-refractivity contribution is -0.161. The van der Waals surface area contributed by atoms with Crippen molar-refractivity contribution in [2.24, 2.45) is 5.73 Å². The van der Waals surface area contributed by atoms with Crippen LogP contribution in [0.2, 0.25) is 0 Å². The zero-order chi connectivity index (χ0) is 25.9. The van der Waals surface area contributed by atoms with Gasteiger partial charge in [-0.15, -0.1) is 11.8 Å². The highest BCUT2D eigenvalue weighted by molar-refractivity contribution is 8.01. The molecule has 0 aliphatic carbocycles. The molecule has 12 heteroatoms. The SMILES string of the molecule is CCCNC(=O)C(N)CC(=O)NC(C(=O)N[C@@H]1C(=O)N2[C@@H]1SC(C)(C)[C@@H]2C(=O)O)c1ccccc1. The average Bonchev–Trinajstić information content (AvgIpc) is 3.07. The molecule has 0 saturated carbocycles. The Morgan fingerprint density at radius 3 is 2.43 bits per heavy atom. The molecule has 0 aromatic heterocycles. The Balaban J connectivity index is 1.70. The second-order valence-electron chi connectivity index (χ2n) is 9.10. The van der Waals surface area contributed by atoms with Gasteiger partial charge in [-0.1, -0.05) is 37.3 Å². The number of nitrogens with one attached hydrogen (secondary N) is 3. The fraction of sp³-hybridized carbons (Fsp3) is 0.522. The number of hydrogen-bond donors (Lipinski definition) is 5. The van der Waals surface area contributed by atoms with Gasteiger partial charge in [-0.25, -0.2) is 4.79 Å². The second kappa shape index (κ2) is 10.6. The van der Waals surface area contributed by atoms with Crippen molar-refractivity contribution in [3.8, 4) is 0 Å². The third-order valence-electron chi connectivity index (χ3n) is 5.96. The van der Waals surface area contributed by atoms with Crippen molar-refractivity contribution in [1.82, 2.24) is 20.9 Å². The van der Waals surface area contributed by atoms with E-state index in [9.17, 15) is 29.1 Å². The number of nitrogens with two attached hydrogens (primary N) is 1. The Morgan fingerprint density at radius 1 is 1.17 bits per heavy atom. The molecule has 2 unspecified atom stereocenters. The van der Waals surface area contributed by atoms with E-state index in [1.807, 2.05) is 6.92 Å². The first kappa shape index (κ1) is 26.5. The summed E-state index contributed by atoms with van der Waals surface area (Å²) in [5.41, 5.74) is 6.31. The summed E-state index contributed by atoms with van der Waals surface area (Å²) >= 11 is 1.31. The fourth-order valence-corrected chi connectivity index (χ4v) is 5.84. The van der Waals surface area contributed by atoms with Gasteiger partial charge in [0.15, 0.2) is 0 Å². The molecular weight excluding hydrogens is 474 g/mol. The van der Waals surface area contributed by atoms with Crippen molar-refractivity contribution in [2.45, 2.75) is 67.9 Å². The highest BCUT2D eigenvalue weighted by Gasteiger charge is 2.64. The number of benzene rings is 1. The number of carboxylic acid groups (broad SMARTS) is 1. The van der Waals surface area contributed by atoms with Gasteiger partial charge in [-0.05, 0) is 25.8 Å². The first-order valence-electron chi connectivity index (χ1n) is 11.4. The molecule has 5 atom stereocenters. The Hall–Kier alpha value is -3.12. The van der Waals surface area contributed by atoms with Crippen LogP contribution >= 0.6 is 11.8 Å². The van der Waals surface area contributed by atoms with Crippen molar-refractivity contribution in [1.29, 1.82) is 0 Å². The van der Waals surface area contributed by atoms with Crippen molar-refractivity contribution >= 4 is 41.4 Å². The number of carbonyl (C=O) groups is 5. The molecule has 11 nitrogen and oxygen atoms in total. The molecule has 3 rings (SSSR count). The number of carbonyl (C=O) groups excluding carboxylic acids is 4. The number of nitrogens with zero attached hydrogens (tertiary/aromatic N) is 1. The zero-order valence-electron chi connectivity index (χ0n) is 19.8. The number of carboxylic acids is 1. The molecule has 2 aliphatic heterocycles. The summed E-state index contributed by atoms with van der Waals surface area (Å²) in [6, 6.07) is 4.35. The molecule has 2 fully saturated rings. The first-order chi connectivity index (χ1) is 16.5. The fourth-order valence-electron chi connectivity index (χ4n) is 4.22. The van der Waals surface area contributed by atoms with Gasteiger partial charge >= 0.3 is 5.97 Å². The van der Waals surface area contributed by atoms with Gasteiger partial charge in [0.25, 0.3) is 0 Å². The third-order valence-corrected chi connectivity index (χ3v) is 7.54. The highest BCUT2D eigenvalue weighted by atomic mass is 32.2. The van der Waals surface area contributed by atoms with Gasteiger partial charge in [0, 0.05) is 11.3 Å². The van der Waals surface area contributed by atoms with Gasteiger partial charge in [0.1, 0.15) is 23.5 Å². The lowest BCUT2D eigenvalue weighted by Gasteiger charge is -2.44. The van der Waals surface area contributed by atoms with Crippen molar-refractivity contribution < 1.29 is 29.1 Å². The van der Waals surface area contributed by atoms with E-state index in [-0.39, 0.29) is 6.42 Å². The number of fused-ring (bicyclic) bond motifs is 1. The summed E-state index contributed by atoms with van der Waals surface area (Å²) in [4.78, 5) is 63.6. The monoisotopic (exact) mass is 505 g/mol. The van der Waals surface area contributed by atoms with E-state index in [2.05, 4.69) is 16.0 Å². The van der Waals surface area contributed by atoms with Crippen LogP contribution in [0, 0.1) is 0 Å². The molecule has 1 aromatic carbocycles. The van der Waals surface area contributed by atoms with Crippen LogP contribution in [0.4, 0.5) is 0 Å². The second-order valence-corrected chi connectivity index (χ2v) is 10.9. The van der Waals surface area contributed by atoms with Gasteiger partial charge in [0.2, 0.25) is 23.6 Å². The number of β-lactam (4-membered cyclic amide) rings is 1. The molecule has 4 amide bonds. The van der Waals surface area contributed by atoms with Crippen LogP contribution in [0.5, 0.6) is 0 Å². The third kappa shape index (κ3) is 5.59. The van der Waals surface area contributed by atoms with E-state index in [1.54, 1.807) is 44.2 Å². The number of thioether (sulfide) groups is 1. The van der Waals surface area contributed by atoms with Crippen LogP contribution in [0.1, 0.15) is 45.2 Å².